The Morgan fingerprint density at radius 2 is 1.33 bits per heavy atom. The van der Waals surface area contributed by atoms with Gasteiger partial charge >= 0.3 is 11.9 Å². The van der Waals surface area contributed by atoms with E-state index in [0.29, 0.717) is 30.3 Å². The summed E-state index contributed by atoms with van der Waals surface area (Å²) < 4.78 is 22.0. The molecule has 0 amide bonds. The summed E-state index contributed by atoms with van der Waals surface area (Å²) in [4.78, 5) is 37.8. The molecule has 0 spiro atoms. The van der Waals surface area contributed by atoms with E-state index >= 15 is 0 Å². The Kier molecular flexibility index (Phi) is 12.6. The van der Waals surface area contributed by atoms with Crippen LogP contribution in [0.5, 0.6) is 17.2 Å². The lowest BCUT2D eigenvalue weighted by Crippen LogP contribution is -2.19. The molecular formula is C32H40O7. The largest absolute Gasteiger partial charge is 0.494 e. The second kappa shape index (κ2) is 16.4. The standard InChI is InChI=1S/C32H40O7/c1-3-5-7-9-10-11-12-14-30(33)38-26-19-20-27-29(22-26)37-23-28(31(27)34)32(35)39-25-17-15-24(16-18-25)36-21-13-8-6-4-2/h15-20,22-23H,3-14,21H2,1-2H3. The summed E-state index contributed by atoms with van der Waals surface area (Å²) in [5.41, 5.74) is -0.519. The topological polar surface area (TPSA) is 92.0 Å². The van der Waals surface area contributed by atoms with Crippen LogP contribution in [0.2, 0.25) is 0 Å². The molecule has 0 atom stereocenters. The van der Waals surface area contributed by atoms with E-state index in [9.17, 15) is 14.4 Å². The van der Waals surface area contributed by atoms with Crippen LogP contribution < -0.4 is 19.6 Å². The van der Waals surface area contributed by atoms with Crippen molar-refractivity contribution in [1.29, 1.82) is 0 Å². The normalized spacial score (nSPS) is 10.9. The predicted molar refractivity (Wildman–Crippen MR) is 152 cm³/mol. The molecule has 1 heterocycles. The van der Waals surface area contributed by atoms with Crippen molar-refractivity contribution in [1.82, 2.24) is 0 Å². The smallest absolute Gasteiger partial charge is 0.350 e. The van der Waals surface area contributed by atoms with Crippen LogP contribution in [0.15, 0.2) is 57.9 Å². The highest BCUT2D eigenvalue weighted by Crippen LogP contribution is 2.22. The lowest BCUT2D eigenvalue weighted by atomic mass is 10.1. The summed E-state index contributed by atoms with van der Waals surface area (Å²) in [6.45, 7) is 4.99. The number of unbranched alkanes of at least 4 members (excludes halogenated alkanes) is 9. The zero-order valence-corrected chi connectivity index (χ0v) is 23.2. The summed E-state index contributed by atoms with van der Waals surface area (Å²) >= 11 is 0. The van der Waals surface area contributed by atoms with E-state index < -0.39 is 11.4 Å². The maximum Gasteiger partial charge on any atom is 0.350 e. The average molecular weight is 537 g/mol. The Bertz CT molecular complexity index is 1240. The third-order valence-electron chi connectivity index (χ3n) is 6.48. The van der Waals surface area contributed by atoms with Gasteiger partial charge < -0.3 is 18.6 Å². The minimum atomic E-state index is -0.816. The molecule has 210 valence electrons. The van der Waals surface area contributed by atoms with Crippen molar-refractivity contribution in [3.8, 4) is 17.2 Å². The van der Waals surface area contributed by atoms with Gasteiger partial charge in [0.2, 0.25) is 5.43 Å². The average Bonchev–Trinajstić information content (AvgIpc) is 2.93. The first-order chi connectivity index (χ1) is 19.0. The van der Waals surface area contributed by atoms with E-state index in [4.69, 9.17) is 18.6 Å². The number of carbonyl (C=O) groups is 2. The highest BCUT2D eigenvalue weighted by atomic mass is 16.5. The third-order valence-corrected chi connectivity index (χ3v) is 6.48. The fourth-order valence-electron chi connectivity index (χ4n) is 4.21. The van der Waals surface area contributed by atoms with Crippen molar-refractivity contribution >= 4 is 22.9 Å². The van der Waals surface area contributed by atoms with Gasteiger partial charge in [-0.3, -0.25) is 9.59 Å². The SMILES string of the molecule is CCCCCCCCCC(=O)Oc1ccc2c(=O)c(C(=O)Oc3ccc(OCCCCCC)cc3)coc2c1. The molecular weight excluding hydrogens is 496 g/mol. The number of rotatable bonds is 17. The zero-order chi connectivity index (χ0) is 27.9. The lowest BCUT2D eigenvalue weighted by Gasteiger charge is -2.08. The number of carbonyl (C=O) groups excluding carboxylic acids is 2. The highest BCUT2D eigenvalue weighted by molar-refractivity contribution is 5.94. The molecule has 0 radical (unpaired) electrons. The van der Waals surface area contributed by atoms with Crippen LogP contribution in [-0.4, -0.2) is 18.5 Å². The van der Waals surface area contributed by atoms with Crippen LogP contribution >= 0.6 is 0 Å². The van der Waals surface area contributed by atoms with Crippen molar-refractivity contribution < 1.29 is 28.2 Å². The Labute approximate surface area is 230 Å². The van der Waals surface area contributed by atoms with E-state index in [1.54, 1.807) is 24.3 Å². The van der Waals surface area contributed by atoms with Crippen LogP contribution in [0.4, 0.5) is 0 Å². The molecule has 7 nitrogen and oxygen atoms in total. The van der Waals surface area contributed by atoms with Gasteiger partial charge in [0.05, 0.1) is 12.0 Å². The quantitative estimate of drug-likeness (QED) is 0.0980. The van der Waals surface area contributed by atoms with Crippen molar-refractivity contribution in [3.63, 3.8) is 0 Å². The summed E-state index contributed by atoms with van der Waals surface area (Å²) in [6.07, 6.45) is 13.7. The molecule has 1 aromatic heterocycles. The first kappa shape index (κ1) is 29.9. The van der Waals surface area contributed by atoms with Crippen molar-refractivity contribution in [2.75, 3.05) is 6.61 Å². The molecule has 0 saturated heterocycles. The summed E-state index contributed by atoms with van der Waals surface area (Å²) in [5.74, 6) is 0.139. The van der Waals surface area contributed by atoms with Crippen molar-refractivity contribution in [2.45, 2.75) is 90.9 Å². The summed E-state index contributed by atoms with van der Waals surface area (Å²) in [5, 5.41) is 0.197. The second-order valence-corrected chi connectivity index (χ2v) is 9.75. The minimum Gasteiger partial charge on any atom is -0.494 e. The van der Waals surface area contributed by atoms with E-state index in [2.05, 4.69) is 13.8 Å². The van der Waals surface area contributed by atoms with Crippen LogP contribution in [-0.2, 0) is 4.79 Å². The van der Waals surface area contributed by atoms with Gasteiger partial charge in [-0.05, 0) is 49.2 Å². The molecule has 2 aromatic carbocycles. The predicted octanol–water partition coefficient (Wildman–Crippen LogP) is 8.02. The second-order valence-electron chi connectivity index (χ2n) is 9.75. The maximum absolute atomic E-state index is 12.9. The Morgan fingerprint density at radius 1 is 0.718 bits per heavy atom. The molecule has 0 N–H and O–H groups in total. The van der Waals surface area contributed by atoms with Gasteiger partial charge in [0.25, 0.3) is 0 Å². The molecule has 39 heavy (non-hydrogen) atoms. The number of hydrogen-bond acceptors (Lipinski definition) is 7. The Hall–Kier alpha value is -3.61. The lowest BCUT2D eigenvalue weighted by molar-refractivity contribution is -0.134. The van der Waals surface area contributed by atoms with Crippen LogP contribution in [0.1, 0.15) is 101 Å². The zero-order valence-electron chi connectivity index (χ0n) is 23.2. The monoisotopic (exact) mass is 536 g/mol. The molecule has 0 bridgehead atoms. The minimum absolute atomic E-state index is 0.197. The fourth-order valence-corrected chi connectivity index (χ4v) is 4.21. The molecule has 0 aliphatic rings. The first-order valence-corrected chi connectivity index (χ1v) is 14.2. The summed E-state index contributed by atoms with van der Waals surface area (Å²) in [7, 11) is 0. The Morgan fingerprint density at radius 3 is 2.05 bits per heavy atom. The first-order valence-electron chi connectivity index (χ1n) is 14.2. The molecule has 0 unspecified atom stereocenters. The number of ether oxygens (including phenoxy) is 3. The van der Waals surface area contributed by atoms with Crippen LogP contribution in [0.25, 0.3) is 11.0 Å². The van der Waals surface area contributed by atoms with E-state index in [-0.39, 0.29) is 22.5 Å². The van der Waals surface area contributed by atoms with Gasteiger partial charge in [0.1, 0.15) is 34.7 Å². The maximum atomic E-state index is 12.9. The Balaban J connectivity index is 1.52. The van der Waals surface area contributed by atoms with Crippen molar-refractivity contribution in [2.24, 2.45) is 0 Å². The molecule has 3 rings (SSSR count). The molecule has 0 saturated carbocycles. The van der Waals surface area contributed by atoms with Crippen LogP contribution in [0, 0.1) is 0 Å². The molecule has 3 aromatic rings. The van der Waals surface area contributed by atoms with Gasteiger partial charge in [0, 0.05) is 12.5 Å². The van der Waals surface area contributed by atoms with Gasteiger partial charge in [-0.1, -0.05) is 71.6 Å². The van der Waals surface area contributed by atoms with E-state index in [1.165, 1.54) is 56.7 Å². The van der Waals surface area contributed by atoms with E-state index in [0.717, 1.165) is 38.4 Å². The van der Waals surface area contributed by atoms with Gasteiger partial charge in [0.15, 0.2) is 0 Å². The number of esters is 2. The third kappa shape index (κ3) is 9.89. The molecule has 7 heteroatoms. The molecule has 0 aliphatic heterocycles. The van der Waals surface area contributed by atoms with E-state index in [1.807, 2.05) is 0 Å². The van der Waals surface area contributed by atoms with Gasteiger partial charge in [-0.15, -0.1) is 0 Å². The number of fused-ring (bicyclic) bond motifs is 1. The van der Waals surface area contributed by atoms with Crippen molar-refractivity contribution in [3.05, 3.63) is 64.5 Å². The molecule has 0 fully saturated rings. The molecule has 0 aliphatic carbocycles. The van der Waals surface area contributed by atoms with Gasteiger partial charge in [-0.25, -0.2) is 4.79 Å². The highest BCUT2D eigenvalue weighted by Gasteiger charge is 2.18. The van der Waals surface area contributed by atoms with Crippen LogP contribution in [0.3, 0.4) is 0 Å². The number of hydrogen-bond donors (Lipinski definition) is 0. The van der Waals surface area contributed by atoms with Gasteiger partial charge in [-0.2, -0.15) is 0 Å². The summed E-state index contributed by atoms with van der Waals surface area (Å²) in [6, 6.07) is 11.2. The number of benzene rings is 2. The fraction of sp³-hybridized carbons (Fsp3) is 0.469.